The van der Waals surface area contributed by atoms with Crippen LogP contribution in [0.3, 0.4) is 0 Å². The number of aromatic amines is 1. The minimum absolute atomic E-state index is 0.0978. The molecule has 0 aliphatic carbocycles. The van der Waals surface area contributed by atoms with E-state index in [1.807, 2.05) is 34.2 Å². The number of hydrogen-bond acceptors (Lipinski definition) is 2. The third kappa shape index (κ3) is 3.41. The molecule has 3 heterocycles. The van der Waals surface area contributed by atoms with Crippen LogP contribution < -0.4 is 0 Å². The molecule has 1 N–H and O–H groups in total. The summed E-state index contributed by atoms with van der Waals surface area (Å²) in [6.45, 7) is 2.61. The van der Waals surface area contributed by atoms with Crippen LogP contribution in [0.1, 0.15) is 23.1 Å². The van der Waals surface area contributed by atoms with Crippen molar-refractivity contribution in [3.05, 3.63) is 71.4 Å². The lowest BCUT2D eigenvalue weighted by molar-refractivity contribution is -0.136. The van der Waals surface area contributed by atoms with Crippen LogP contribution in [0.15, 0.2) is 54.7 Å². The van der Waals surface area contributed by atoms with Gasteiger partial charge in [-0.05, 0) is 35.6 Å². The summed E-state index contributed by atoms with van der Waals surface area (Å²) in [6, 6.07) is 16.5. The van der Waals surface area contributed by atoms with E-state index in [9.17, 15) is 9.59 Å². The van der Waals surface area contributed by atoms with Crippen LogP contribution in [-0.2, 0) is 29.0 Å². The molecule has 0 spiro atoms. The van der Waals surface area contributed by atoms with Gasteiger partial charge < -0.3 is 14.8 Å². The zero-order valence-corrected chi connectivity index (χ0v) is 16.4. The number of nitrogens with zero attached hydrogens (tertiary/aromatic N) is 2. The van der Waals surface area contributed by atoms with Crippen molar-refractivity contribution in [2.24, 2.45) is 5.92 Å². The van der Waals surface area contributed by atoms with Gasteiger partial charge in [-0.15, -0.1) is 0 Å². The van der Waals surface area contributed by atoms with E-state index < -0.39 is 0 Å². The summed E-state index contributed by atoms with van der Waals surface area (Å²) in [5.74, 6) is 0.0128. The number of carbonyl (C=O) groups is 2. The normalized spacial score (nSPS) is 19.0. The molecule has 0 radical (unpaired) electrons. The van der Waals surface area contributed by atoms with Crippen molar-refractivity contribution in [2.75, 3.05) is 19.6 Å². The van der Waals surface area contributed by atoms with Crippen molar-refractivity contribution in [1.29, 1.82) is 0 Å². The first-order valence-electron chi connectivity index (χ1n) is 10.4. The average molecular weight is 387 g/mol. The molecule has 1 fully saturated rings. The summed E-state index contributed by atoms with van der Waals surface area (Å²) in [4.78, 5) is 32.7. The molecule has 0 saturated carbocycles. The standard InChI is InChI=1S/C24H25N3O2/c28-23-13-20(24(29)27-12-9-17-5-1-2-6-19(17)15-27)16-26(23)11-10-18-14-25-22-8-4-3-7-21(18)22/h1-8,14,20,25H,9-13,15-16H2. The number of carbonyl (C=O) groups excluding carboxylic acids is 2. The number of rotatable bonds is 4. The van der Waals surface area contributed by atoms with E-state index in [1.54, 1.807) is 0 Å². The third-order valence-corrected chi connectivity index (χ3v) is 6.33. The van der Waals surface area contributed by atoms with E-state index >= 15 is 0 Å². The fraction of sp³-hybridized carbons (Fsp3) is 0.333. The highest BCUT2D eigenvalue weighted by molar-refractivity contribution is 5.89. The predicted octanol–water partition coefficient (Wildman–Crippen LogP) is 3.14. The number of H-pyrrole nitrogens is 1. The zero-order valence-electron chi connectivity index (χ0n) is 16.4. The quantitative estimate of drug-likeness (QED) is 0.748. The summed E-state index contributed by atoms with van der Waals surface area (Å²) < 4.78 is 0. The van der Waals surface area contributed by atoms with Crippen molar-refractivity contribution >= 4 is 22.7 Å². The van der Waals surface area contributed by atoms with Gasteiger partial charge >= 0.3 is 0 Å². The van der Waals surface area contributed by atoms with Crippen LogP contribution in [0.2, 0.25) is 0 Å². The second-order valence-electron chi connectivity index (χ2n) is 8.13. The summed E-state index contributed by atoms with van der Waals surface area (Å²) in [5, 5.41) is 1.21. The fourth-order valence-electron chi connectivity index (χ4n) is 4.69. The van der Waals surface area contributed by atoms with Gasteiger partial charge in [0.25, 0.3) is 0 Å². The second kappa shape index (κ2) is 7.39. The van der Waals surface area contributed by atoms with Gasteiger partial charge in [-0.3, -0.25) is 9.59 Å². The summed E-state index contributed by atoms with van der Waals surface area (Å²) in [6.07, 6.45) is 4.06. The largest absolute Gasteiger partial charge is 0.361 e. The molecular weight excluding hydrogens is 362 g/mol. The number of benzene rings is 2. The SMILES string of the molecule is O=C1CC(C(=O)N2CCc3ccccc3C2)CN1CCc1c[nH]c2ccccc12. The van der Waals surface area contributed by atoms with Crippen LogP contribution in [0.4, 0.5) is 0 Å². The maximum Gasteiger partial charge on any atom is 0.228 e. The van der Waals surface area contributed by atoms with E-state index in [0.29, 0.717) is 26.1 Å². The van der Waals surface area contributed by atoms with E-state index in [2.05, 4.69) is 35.3 Å². The number of aromatic nitrogens is 1. The molecule has 1 saturated heterocycles. The van der Waals surface area contributed by atoms with Crippen molar-refractivity contribution in [3.63, 3.8) is 0 Å². The lowest BCUT2D eigenvalue weighted by Gasteiger charge is -2.30. The Balaban J connectivity index is 1.22. The zero-order chi connectivity index (χ0) is 19.8. The molecule has 0 bridgehead atoms. The van der Waals surface area contributed by atoms with E-state index in [0.717, 1.165) is 24.9 Å². The van der Waals surface area contributed by atoms with Crippen LogP contribution in [-0.4, -0.2) is 46.2 Å². The van der Waals surface area contributed by atoms with Crippen LogP contribution in [0.25, 0.3) is 10.9 Å². The predicted molar refractivity (Wildman–Crippen MR) is 112 cm³/mol. The second-order valence-corrected chi connectivity index (χ2v) is 8.13. The van der Waals surface area contributed by atoms with Crippen molar-refractivity contribution in [2.45, 2.75) is 25.8 Å². The molecule has 5 nitrogen and oxygen atoms in total. The Kier molecular flexibility index (Phi) is 4.58. The smallest absolute Gasteiger partial charge is 0.228 e. The molecule has 2 aliphatic rings. The Morgan fingerprint density at radius 2 is 1.86 bits per heavy atom. The Morgan fingerprint density at radius 1 is 1.07 bits per heavy atom. The van der Waals surface area contributed by atoms with Gasteiger partial charge in [0, 0.05) is 49.7 Å². The first kappa shape index (κ1) is 18.0. The minimum Gasteiger partial charge on any atom is -0.361 e. The van der Waals surface area contributed by atoms with Crippen LogP contribution >= 0.6 is 0 Å². The maximum atomic E-state index is 13.1. The van der Waals surface area contributed by atoms with Gasteiger partial charge in [0.15, 0.2) is 0 Å². The van der Waals surface area contributed by atoms with E-state index in [-0.39, 0.29) is 17.7 Å². The monoisotopic (exact) mass is 387 g/mol. The first-order chi connectivity index (χ1) is 14.2. The van der Waals surface area contributed by atoms with Crippen LogP contribution in [0.5, 0.6) is 0 Å². The number of nitrogens with one attached hydrogen (secondary N) is 1. The first-order valence-corrected chi connectivity index (χ1v) is 10.4. The van der Waals surface area contributed by atoms with Gasteiger partial charge in [-0.1, -0.05) is 42.5 Å². The van der Waals surface area contributed by atoms with Crippen molar-refractivity contribution < 1.29 is 9.59 Å². The van der Waals surface area contributed by atoms with Gasteiger partial charge in [0.1, 0.15) is 0 Å². The fourth-order valence-corrected chi connectivity index (χ4v) is 4.69. The topological polar surface area (TPSA) is 56.4 Å². The molecule has 2 aliphatic heterocycles. The maximum absolute atomic E-state index is 13.1. The van der Waals surface area contributed by atoms with Gasteiger partial charge in [-0.2, -0.15) is 0 Å². The highest BCUT2D eigenvalue weighted by Gasteiger charge is 2.37. The molecule has 1 unspecified atom stereocenters. The van der Waals surface area contributed by atoms with Gasteiger partial charge in [-0.25, -0.2) is 0 Å². The van der Waals surface area contributed by atoms with Gasteiger partial charge in [0.05, 0.1) is 5.92 Å². The minimum atomic E-state index is -0.212. The van der Waals surface area contributed by atoms with E-state index in [1.165, 1.54) is 22.1 Å². The van der Waals surface area contributed by atoms with Crippen molar-refractivity contribution in [3.8, 4) is 0 Å². The Morgan fingerprint density at radius 3 is 2.76 bits per heavy atom. The summed E-state index contributed by atoms with van der Waals surface area (Å²) >= 11 is 0. The Labute approximate surface area is 170 Å². The van der Waals surface area contributed by atoms with Gasteiger partial charge in [0.2, 0.25) is 11.8 Å². The lowest BCUT2D eigenvalue weighted by Crippen LogP contribution is -2.40. The van der Waals surface area contributed by atoms with E-state index in [4.69, 9.17) is 0 Å². The Bertz CT molecular complexity index is 1070. The molecule has 1 atom stereocenters. The molecular formula is C24H25N3O2. The molecule has 5 heteroatoms. The van der Waals surface area contributed by atoms with Crippen molar-refractivity contribution in [1.82, 2.24) is 14.8 Å². The molecule has 2 amide bonds. The molecule has 29 heavy (non-hydrogen) atoms. The summed E-state index contributed by atoms with van der Waals surface area (Å²) in [5.41, 5.74) is 4.90. The number of fused-ring (bicyclic) bond motifs is 2. The average Bonchev–Trinajstić information content (AvgIpc) is 3.34. The van der Waals surface area contributed by atoms with Crippen LogP contribution in [0, 0.1) is 5.92 Å². The summed E-state index contributed by atoms with van der Waals surface area (Å²) in [7, 11) is 0. The number of amides is 2. The lowest BCUT2D eigenvalue weighted by atomic mass is 9.98. The number of hydrogen-bond donors (Lipinski definition) is 1. The highest BCUT2D eigenvalue weighted by atomic mass is 16.2. The molecule has 2 aromatic carbocycles. The Hall–Kier alpha value is -3.08. The number of likely N-dealkylation sites (tertiary alicyclic amines) is 1. The molecule has 1 aromatic heterocycles. The third-order valence-electron chi connectivity index (χ3n) is 6.33. The molecule has 5 rings (SSSR count). The molecule has 3 aromatic rings. The molecule has 148 valence electrons. The highest BCUT2D eigenvalue weighted by Crippen LogP contribution is 2.25. The number of para-hydroxylation sites is 1.